The van der Waals surface area contributed by atoms with Crippen LogP contribution < -0.4 is 10.6 Å². The molecular weight excluding hydrogens is 398 g/mol. The largest absolute Gasteiger partial charge is 0.444 e. The summed E-state index contributed by atoms with van der Waals surface area (Å²) < 4.78 is 7.52. The fraction of sp³-hybridized carbons (Fsp3) is 0.565. The van der Waals surface area contributed by atoms with Gasteiger partial charge in [0.1, 0.15) is 5.60 Å². The molecule has 2 N–H and O–H groups in total. The third-order valence-corrected chi connectivity index (χ3v) is 6.45. The lowest BCUT2D eigenvalue weighted by atomic mass is 9.95. The predicted octanol–water partition coefficient (Wildman–Crippen LogP) is 4.64. The van der Waals surface area contributed by atoms with Gasteiger partial charge in [0.2, 0.25) is 0 Å². The minimum atomic E-state index is -0.552. The molecule has 6 nitrogen and oxygen atoms in total. The van der Waals surface area contributed by atoms with E-state index in [1.807, 2.05) is 53.7 Å². The molecule has 1 saturated carbocycles. The average Bonchev–Trinajstić information content (AvgIpc) is 3.31. The zero-order chi connectivity index (χ0) is 22.1. The second-order valence-corrected chi connectivity index (χ2v) is 10.5. The maximum Gasteiger partial charge on any atom is 0.407 e. The zero-order valence-electron chi connectivity index (χ0n) is 18.8. The Hall–Kier alpha value is -2.28. The smallest absolute Gasteiger partial charge is 0.407 e. The van der Waals surface area contributed by atoms with E-state index in [0.717, 1.165) is 30.8 Å². The summed E-state index contributed by atoms with van der Waals surface area (Å²) >= 11 is 1.71. The Kier molecular flexibility index (Phi) is 6.32. The first-order valence-corrected chi connectivity index (χ1v) is 11.3. The van der Waals surface area contributed by atoms with E-state index in [-0.39, 0.29) is 5.91 Å². The minimum Gasteiger partial charge on any atom is -0.444 e. The van der Waals surface area contributed by atoms with Crippen LogP contribution in [-0.4, -0.2) is 34.3 Å². The highest BCUT2D eigenvalue weighted by atomic mass is 32.1. The van der Waals surface area contributed by atoms with Crippen LogP contribution in [0.25, 0.3) is 0 Å². The standard InChI is InChI=1S/C23H33N3O3S/c1-15-12-19(16(2)26(15)13-18-8-7-11-30-18)20(27)25-23(6,17-9-10-17)14-24-21(28)29-22(3,4)5/h7-8,11-12,17H,9-10,13-14H2,1-6H3,(H,24,28)(H,25,27). The van der Waals surface area contributed by atoms with Gasteiger partial charge in [-0.1, -0.05) is 6.07 Å². The maximum atomic E-state index is 13.2. The normalized spacial score (nSPS) is 16.1. The van der Waals surface area contributed by atoms with Gasteiger partial charge in [0.25, 0.3) is 5.91 Å². The number of nitrogens with zero attached hydrogens (tertiary/aromatic N) is 1. The van der Waals surface area contributed by atoms with Crippen molar-refractivity contribution in [2.75, 3.05) is 6.54 Å². The van der Waals surface area contributed by atoms with Crippen LogP contribution in [0.1, 0.15) is 67.2 Å². The predicted molar refractivity (Wildman–Crippen MR) is 120 cm³/mol. The lowest BCUT2D eigenvalue weighted by molar-refractivity contribution is 0.0502. The molecule has 1 atom stereocenters. The van der Waals surface area contributed by atoms with E-state index < -0.39 is 17.2 Å². The second-order valence-electron chi connectivity index (χ2n) is 9.45. The van der Waals surface area contributed by atoms with Gasteiger partial charge in [-0.05, 0) is 77.8 Å². The number of alkyl carbamates (subject to hydrolysis) is 1. The van der Waals surface area contributed by atoms with Gasteiger partial charge in [-0.15, -0.1) is 11.3 Å². The lowest BCUT2D eigenvalue weighted by Gasteiger charge is -2.32. The third kappa shape index (κ3) is 5.45. The number of hydrogen-bond acceptors (Lipinski definition) is 4. The highest BCUT2D eigenvalue weighted by Crippen LogP contribution is 2.39. The molecule has 7 heteroatoms. The van der Waals surface area contributed by atoms with E-state index in [1.54, 1.807) is 11.3 Å². The Bertz CT molecular complexity index is 907. The van der Waals surface area contributed by atoms with Gasteiger partial charge in [-0.3, -0.25) is 4.79 Å². The third-order valence-electron chi connectivity index (χ3n) is 5.59. The summed E-state index contributed by atoms with van der Waals surface area (Å²) in [5.74, 6) is 0.256. The van der Waals surface area contributed by atoms with Crippen LogP contribution in [-0.2, 0) is 11.3 Å². The fourth-order valence-corrected chi connectivity index (χ4v) is 4.43. The molecule has 0 spiro atoms. The minimum absolute atomic E-state index is 0.0964. The monoisotopic (exact) mass is 431 g/mol. The second kappa shape index (κ2) is 8.46. The number of aromatic nitrogens is 1. The molecule has 0 aliphatic heterocycles. The summed E-state index contributed by atoms with van der Waals surface area (Å²) in [6.45, 7) is 12.6. The number of amides is 2. The zero-order valence-corrected chi connectivity index (χ0v) is 19.6. The Balaban J connectivity index is 1.70. The molecule has 1 aliphatic carbocycles. The van der Waals surface area contributed by atoms with Crippen molar-refractivity contribution >= 4 is 23.3 Å². The van der Waals surface area contributed by atoms with Crippen molar-refractivity contribution in [1.82, 2.24) is 15.2 Å². The van der Waals surface area contributed by atoms with Crippen LogP contribution in [0, 0.1) is 19.8 Å². The number of rotatable bonds is 7. The van der Waals surface area contributed by atoms with Crippen LogP contribution in [0.5, 0.6) is 0 Å². The summed E-state index contributed by atoms with van der Waals surface area (Å²) in [6.07, 6.45) is 1.63. The molecule has 30 heavy (non-hydrogen) atoms. The van der Waals surface area contributed by atoms with Gasteiger partial charge in [-0.25, -0.2) is 4.79 Å². The van der Waals surface area contributed by atoms with Gasteiger partial charge in [-0.2, -0.15) is 0 Å². The Morgan fingerprint density at radius 2 is 1.93 bits per heavy atom. The van der Waals surface area contributed by atoms with Crippen LogP contribution in [0.4, 0.5) is 4.79 Å². The van der Waals surface area contributed by atoms with Crippen LogP contribution >= 0.6 is 11.3 Å². The van der Waals surface area contributed by atoms with Crippen molar-refractivity contribution in [2.45, 2.75) is 72.1 Å². The summed E-state index contributed by atoms with van der Waals surface area (Å²) in [7, 11) is 0. The van der Waals surface area contributed by atoms with E-state index in [2.05, 4.69) is 26.6 Å². The van der Waals surface area contributed by atoms with E-state index in [4.69, 9.17) is 4.74 Å². The topological polar surface area (TPSA) is 72.4 Å². The van der Waals surface area contributed by atoms with Crippen molar-refractivity contribution < 1.29 is 14.3 Å². The molecule has 0 radical (unpaired) electrons. The van der Waals surface area contributed by atoms with Crippen LogP contribution in [0.3, 0.4) is 0 Å². The summed E-state index contributed by atoms with van der Waals surface area (Å²) in [4.78, 5) is 26.6. The molecule has 1 unspecified atom stereocenters. The Morgan fingerprint density at radius 1 is 1.23 bits per heavy atom. The van der Waals surface area contributed by atoms with Gasteiger partial charge in [0, 0.05) is 22.8 Å². The van der Waals surface area contributed by atoms with Crippen molar-refractivity contribution in [1.29, 1.82) is 0 Å². The molecular formula is C23H33N3O3S. The van der Waals surface area contributed by atoms with E-state index in [0.29, 0.717) is 18.0 Å². The fourth-order valence-electron chi connectivity index (χ4n) is 3.74. The average molecular weight is 432 g/mol. The molecule has 2 heterocycles. The van der Waals surface area contributed by atoms with Gasteiger partial charge < -0.3 is 19.9 Å². The summed E-state index contributed by atoms with van der Waals surface area (Å²) in [5, 5.41) is 8.11. The number of ether oxygens (including phenoxy) is 1. The van der Waals surface area contributed by atoms with Gasteiger partial charge in [0.15, 0.2) is 0 Å². The molecule has 3 rings (SSSR count). The molecule has 0 bridgehead atoms. The first-order valence-electron chi connectivity index (χ1n) is 10.5. The van der Waals surface area contributed by atoms with Crippen molar-refractivity contribution in [2.24, 2.45) is 5.92 Å². The molecule has 2 aromatic rings. The maximum absolute atomic E-state index is 13.2. The highest BCUT2D eigenvalue weighted by molar-refractivity contribution is 7.09. The first-order chi connectivity index (χ1) is 14.0. The summed E-state index contributed by atoms with van der Waals surface area (Å²) in [5.41, 5.74) is 1.64. The molecule has 164 valence electrons. The van der Waals surface area contributed by atoms with E-state index >= 15 is 0 Å². The number of carbonyl (C=O) groups is 2. The van der Waals surface area contributed by atoms with Crippen molar-refractivity contribution in [3.05, 3.63) is 45.4 Å². The summed E-state index contributed by atoms with van der Waals surface area (Å²) in [6, 6.07) is 6.10. The number of thiophene rings is 1. The van der Waals surface area contributed by atoms with E-state index in [1.165, 1.54) is 4.88 Å². The SMILES string of the molecule is Cc1cc(C(=O)NC(C)(CNC(=O)OC(C)(C)C)C2CC2)c(C)n1Cc1cccs1. The van der Waals surface area contributed by atoms with E-state index in [9.17, 15) is 9.59 Å². The molecule has 1 aliphatic rings. The van der Waals surface area contributed by atoms with Crippen LogP contribution in [0.15, 0.2) is 23.6 Å². The number of aryl methyl sites for hydroxylation is 1. The number of hydrogen-bond donors (Lipinski definition) is 2. The number of carbonyl (C=O) groups excluding carboxylic acids is 2. The van der Waals surface area contributed by atoms with Crippen LogP contribution in [0.2, 0.25) is 0 Å². The number of nitrogens with one attached hydrogen (secondary N) is 2. The quantitative estimate of drug-likeness (QED) is 0.671. The lowest BCUT2D eigenvalue weighted by Crippen LogP contribution is -2.55. The van der Waals surface area contributed by atoms with Crippen molar-refractivity contribution in [3.63, 3.8) is 0 Å². The highest BCUT2D eigenvalue weighted by Gasteiger charge is 2.43. The van der Waals surface area contributed by atoms with Gasteiger partial charge in [0.05, 0.1) is 17.6 Å². The van der Waals surface area contributed by atoms with Crippen molar-refractivity contribution in [3.8, 4) is 0 Å². The molecule has 1 fully saturated rings. The molecule has 0 aromatic carbocycles. The molecule has 2 amide bonds. The van der Waals surface area contributed by atoms with Gasteiger partial charge >= 0.3 is 6.09 Å². The molecule has 0 saturated heterocycles. The first kappa shape index (κ1) is 22.4. The Morgan fingerprint density at radius 3 is 2.50 bits per heavy atom. The molecule has 2 aromatic heterocycles. The Labute approximate surface area is 183 Å².